The minimum atomic E-state index is -0.0890. The summed E-state index contributed by atoms with van der Waals surface area (Å²) >= 11 is 0. The lowest BCUT2D eigenvalue weighted by Crippen LogP contribution is -2.07. The van der Waals surface area contributed by atoms with Gasteiger partial charge in [-0.15, -0.1) is 0 Å². The van der Waals surface area contributed by atoms with Gasteiger partial charge in [0.2, 0.25) is 6.79 Å². The van der Waals surface area contributed by atoms with Crippen molar-refractivity contribution in [3.05, 3.63) is 71.4 Å². The van der Waals surface area contributed by atoms with Crippen molar-refractivity contribution in [1.82, 2.24) is 4.98 Å². The molecule has 26 heavy (non-hydrogen) atoms. The van der Waals surface area contributed by atoms with Crippen molar-refractivity contribution in [2.45, 2.75) is 6.54 Å². The monoisotopic (exact) mass is 345 g/mol. The highest BCUT2D eigenvalue weighted by Gasteiger charge is 2.22. The molecule has 0 aliphatic carbocycles. The number of ether oxygens (including phenoxy) is 2. The van der Waals surface area contributed by atoms with E-state index in [2.05, 4.69) is 15.6 Å². The van der Waals surface area contributed by atoms with Crippen LogP contribution in [0.2, 0.25) is 0 Å². The van der Waals surface area contributed by atoms with Crippen LogP contribution in [0.5, 0.6) is 11.5 Å². The second-order valence-corrected chi connectivity index (χ2v) is 6.11. The van der Waals surface area contributed by atoms with Crippen molar-refractivity contribution in [1.29, 1.82) is 0 Å². The van der Waals surface area contributed by atoms with Crippen LogP contribution in [0.3, 0.4) is 0 Å². The summed E-state index contributed by atoms with van der Waals surface area (Å²) in [5.74, 6) is 1.92. The molecule has 0 saturated carbocycles. The van der Waals surface area contributed by atoms with E-state index in [0.29, 0.717) is 29.2 Å². The van der Waals surface area contributed by atoms with E-state index in [1.54, 1.807) is 24.4 Å². The summed E-state index contributed by atoms with van der Waals surface area (Å²) in [4.78, 5) is 17.6. The van der Waals surface area contributed by atoms with Crippen LogP contribution in [-0.4, -0.2) is 17.6 Å². The Labute approximate surface area is 149 Å². The van der Waals surface area contributed by atoms with E-state index in [-0.39, 0.29) is 12.6 Å². The molecule has 3 heterocycles. The predicted octanol–water partition coefficient (Wildman–Crippen LogP) is 3.71. The Morgan fingerprint density at radius 1 is 1.04 bits per heavy atom. The number of hydrogen-bond acceptors (Lipinski definition) is 6. The van der Waals surface area contributed by atoms with Crippen molar-refractivity contribution >= 4 is 23.0 Å². The number of aromatic nitrogens is 1. The number of carbonyl (C=O) groups excluding carboxylic acids is 1. The molecule has 1 aromatic heterocycles. The largest absolute Gasteiger partial charge is 0.454 e. The third-order valence-corrected chi connectivity index (χ3v) is 4.55. The molecule has 6 heteroatoms. The van der Waals surface area contributed by atoms with Crippen molar-refractivity contribution in [2.24, 2.45) is 0 Å². The van der Waals surface area contributed by atoms with E-state index >= 15 is 0 Å². The number of ketones is 1. The van der Waals surface area contributed by atoms with Crippen LogP contribution >= 0.6 is 0 Å². The molecule has 0 atom stereocenters. The lowest BCUT2D eigenvalue weighted by Gasteiger charge is -2.13. The molecule has 0 saturated heterocycles. The molecule has 5 rings (SSSR count). The van der Waals surface area contributed by atoms with Gasteiger partial charge in [0.15, 0.2) is 17.3 Å². The molecule has 0 spiro atoms. The highest BCUT2D eigenvalue weighted by atomic mass is 16.7. The molecule has 0 unspecified atom stereocenters. The molecular formula is C20H15N3O3. The van der Waals surface area contributed by atoms with Gasteiger partial charge in [-0.3, -0.25) is 4.79 Å². The van der Waals surface area contributed by atoms with E-state index in [1.165, 1.54) is 0 Å². The third kappa shape index (κ3) is 2.35. The highest BCUT2D eigenvalue weighted by Crippen LogP contribution is 2.37. The van der Waals surface area contributed by atoms with Crippen LogP contribution < -0.4 is 20.1 Å². The fraction of sp³-hybridized carbons (Fsp3) is 0.100. The van der Waals surface area contributed by atoms with Gasteiger partial charge in [-0.25, -0.2) is 4.98 Å². The Balaban J connectivity index is 1.58. The van der Waals surface area contributed by atoms with Crippen molar-refractivity contribution in [3.8, 4) is 11.5 Å². The molecule has 2 N–H and O–H groups in total. The summed E-state index contributed by atoms with van der Waals surface area (Å²) in [6.07, 6.45) is 1.74. The zero-order valence-electron chi connectivity index (χ0n) is 13.8. The molecule has 2 aliphatic heterocycles. The van der Waals surface area contributed by atoms with Crippen LogP contribution in [-0.2, 0) is 6.54 Å². The van der Waals surface area contributed by atoms with E-state index < -0.39 is 0 Å². The molecule has 0 amide bonds. The molecule has 3 aromatic rings. The normalized spacial score (nSPS) is 13.7. The minimum Gasteiger partial charge on any atom is -0.454 e. The van der Waals surface area contributed by atoms with Crippen LogP contribution in [0.4, 0.5) is 17.2 Å². The van der Waals surface area contributed by atoms with E-state index in [9.17, 15) is 4.79 Å². The molecule has 128 valence electrons. The van der Waals surface area contributed by atoms with Crippen molar-refractivity contribution in [3.63, 3.8) is 0 Å². The van der Waals surface area contributed by atoms with Gasteiger partial charge in [0.1, 0.15) is 5.82 Å². The Kier molecular flexibility index (Phi) is 3.28. The second-order valence-electron chi connectivity index (χ2n) is 6.11. The molecule has 2 aliphatic rings. The fourth-order valence-electron chi connectivity index (χ4n) is 3.22. The Hall–Kier alpha value is -3.54. The lowest BCUT2D eigenvalue weighted by atomic mass is 10.00. The SMILES string of the molecule is O=C(c1ccc2c(c1)OCO2)c1cccc2c1Nc1ncccc1CN2. The average Bonchev–Trinajstić information content (AvgIpc) is 3.06. The molecular weight excluding hydrogens is 330 g/mol. The van der Waals surface area contributed by atoms with Crippen LogP contribution in [0.1, 0.15) is 21.5 Å². The van der Waals surface area contributed by atoms with Gasteiger partial charge in [0.05, 0.1) is 11.4 Å². The van der Waals surface area contributed by atoms with E-state index in [0.717, 1.165) is 22.8 Å². The van der Waals surface area contributed by atoms with Gasteiger partial charge in [-0.05, 0) is 36.4 Å². The highest BCUT2D eigenvalue weighted by molar-refractivity contribution is 6.14. The molecule has 0 fully saturated rings. The molecule has 0 bridgehead atoms. The topological polar surface area (TPSA) is 72.5 Å². The maximum atomic E-state index is 13.2. The Bertz CT molecular complexity index is 1030. The molecule has 0 radical (unpaired) electrons. The van der Waals surface area contributed by atoms with Crippen molar-refractivity contribution < 1.29 is 14.3 Å². The van der Waals surface area contributed by atoms with Gasteiger partial charge >= 0.3 is 0 Å². The van der Waals surface area contributed by atoms with Gasteiger partial charge in [0.25, 0.3) is 0 Å². The number of rotatable bonds is 2. The van der Waals surface area contributed by atoms with Gasteiger partial charge in [-0.1, -0.05) is 12.1 Å². The molecule has 6 nitrogen and oxygen atoms in total. The number of nitrogens with zero attached hydrogens (tertiary/aromatic N) is 1. The Morgan fingerprint density at radius 2 is 1.96 bits per heavy atom. The lowest BCUT2D eigenvalue weighted by molar-refractivity contribution is 0.103. The maximum Gasteiger partial charge on any atom is 0.231 e. The van der Waals surface area contributed by atoms with Gasteiger partial charge in [0, 0.05) is 29.4 Å². The standard InChI is InChI=1S/C20H15N3O3/c24-19(12-6-7-16-17(9-12)26-11-25-16)14-4-1-5-15-18(14)23-20-13(10-22-15)3-2-8-21-20/h1-9,22H,10-11H2,(H,21,23). The number of nitrogens with one attached hydrogen (secondary N) is 2. The van der Waals surface area contributed by atoms with E-state index in [1.807, 2.05) is 30.3 Å². The quantitative estimate of drug-likeness (QED) is 0.690. The van der Waals surface area contributed by atoms with Gasteiger partial charge in [-0.2, -0.15) is 0 Å². The summed E-state index contributed by atoms with van der Waals surface area (Å²) in [5, 5.41) is 6.69. The Morgan fingerprint density at radius 3 is 2.92 bits per heavy atom. The number of pyridine rings is 1. The van der Waals surface area contributed by atoms with E-state index in [4.69, 9.17) is 9.47 Å². The summed E-state index contributed by atoms with van der Waals surface area (Å²) in [5.41, 5.74) is 3.77. The number of hydrogen-bond donors (Lipinski definition) is 2. The maximum absolute atomic E-state index is 13.2. The van der Waals surface area contributed by atoms with Gasteiger partial charge < -0.3 is 20.1 Å². The first-order chi connectivity index (χ1) is 12.8. The minimum absolute atomic E-state index is 0.0890. The predicted molar refractivity (Wildman–Crippen MR) is 97.3 cm³/mol. The fourth-order valence-corrected chi connectivity index (χ4v) is 3.22. The summed E-state index contributed by atoms with van der Waals surface area (Å²) in [7, 11) is 0. The first-order valence-corrected chi connectivity index (χ1v) is 8.32. The zero-order chi connectivity index (χ0) is 17.5. The first-order valence-electron chi connectivity index (χ1n) is 8.32. The van der Waals surface area contributed by atoms with Crippen LogP contribution in [0.15, 0.2) is 54.7 Å². The molecule has 2 aromatic carbocycles. The summed E-state index contributed by atoms with van der Waals surface area (Å²) in [6.45, 7) is 0.826. The summed E-state index contributed by atoms with van der Waals surface area (Å²) in [6, 6.07) is 14.8. The number of para-hydroxylation sites is 1. The number of anilines is 3. The first kappa shape index (κ1) is 14.8. The second kappa shape index (κ2) is 5.77. The van der Waals surface area contributed by atoms with Crippen LogP contribution in [0, 0.1) is 0 Å². The number of carbonyl (C=O) groups is 1. The number of fused-ring (bicyclic) bond motifs is 3. The zero-order valence-corrected chi connectivity index (χ0v) is 13.8. The third-order valence-electron chi connectivity index (χ3n) is 4.55. The van der Waals surface area contributed by atoms with Crippen molar-refractivity contribution in [2.75, 3.05) is 17.4 Å². The summed E-state index contributed by atoms with van der Waals surface area (Å²) < 4.78 is 10.7. The average molecular weight is 345 g/mol. The number of benzene rings is 2. The smallest absolute Gasteiger partial charge is 0.231 e. The van der Waals surface area contributed by atoms with Crippen LogP contribution in [0.25, 0.3) is 0 Å².